The molecule has 2 aromatic heterocycles. The number of rotatable bonds is 8. The normalized spacial score (nSPS) is 17.1. The molecule has 0 amide bonds. The van der Waals surface area contributed by atoms with Crippen LogP contribution in [0.15, 0.2) is 60.8 Å². The second kappa shape index (κ2) is 10.6. The van der Waals surface area contributed by atoms with Gasteiger partial charge in [0.05, 0.1) is 23.8 Å². The Balaban J connectivity index is 1.31. The Morgan fingerprint density at radius 1 is 1.00 bits per heavy atom. The van der Waals surface area contributed by atoms with Gasteiger partial charge in [0.1, 0.15) is 22.9 Å². The monoisotopic (exact) mass is 541 g/mol. The summed E-state index contributed by atoms with van der Waals surface area (Å²) in [7, 11) is 5.79. The van der Waals surface area contributed by atoms with Gasteiger partial charge in [-0.2, -0.15) is 0 Å². The Hall–Kier alpha value is -3.91. The average molecular weight is 542 g/mol. The van der Waals surface area contributed by atoms with Crippen LogP contribution < -0.4 is 14.8 Å². The number of aromatic nitrogens is 3. The number of ketones is 1. The zero-order valence-electron chi connectivity index (χ0n) is 24.5. The number of piperidine rings is 1. The average Bonchev–Trinajstić information content (AvgIpc) is 3.21. The summed E-state index contributed by atoms with van der Waals surface area (Å²) < 4.78 is 13.6. The predicted molar refractivity (Wildman–Crippen MR) is 159 cm³/mol. The highest BCUT2D eigenvalue weighted by atomic mass is 16.5. The van der Waals surface area contributed by atoms with E-state index >= 15 is 0 Å². The number of ether oxygens (including phenoxy) is 2. The van der Waals surface area contributed by atoms with Gasteiger partial charge in [0.25, 0.3) is 0 Å². The Morgan fingerprint density at radius 2 is 1.70 bits per heavy atom. The number of aryl methyl sites for hydroxylation is 1. The molecule has 3 heterocycles. The first kappa shape index (κ1) is 27.6. The zero-order chi connectivity index (χ0) is 28.7. The molecule has 0 saturated carbocycles. The summed E-state index contributed by atoms with van der Waals surface area (Å²) in [6, 6.07) is 17.0. The number of nitrogens with zero attached hydrogens (tertiary/aromatic N) is 4. The van der Waals surface area contributed by atoms with Crippen LogP contribution in [0.25, 0.3) is 11.0 Å². The molecule has 1 saturated heterocycles. The number of pyridine rings is 1. The molecule has 0 spiro atoms. The molecule has 0 aliphatic carbocycles. The first-order valence-corrected chi connectivity index (χ1v) is 13.7. The number of Topliss-reactive ketones (excluding diaryl/α,β-unsaturated/α-hetero) is 1. The minimum atomic E-state index is 0.0394. The lowest BCUT2D eigenvalue weighted by molar-refractivity contribution is -0.0300. The number of carbonyl (C=O) groups excluding carboxylic acids is 1. The number of nitrogens with one attached hydrogen (secondary N) is 1. The molecule has 40 heavy (non-hydrogen) atoms. The molecule has 8 heteroatoms. The van der Waals surface area contributed by atoms with Crippen LogP contribution in [0.3, 0.4) is 0 Å². The smallest absolute Gasteiger partial charge is 0.208 e. The van der Waals surface area contributed by atoms with Crippen molar-refractivity contribution in [2.75, 3.05) is 19.5 Å². The third kappa shape index (κ3) is 5.54. The number of para-hydroxylation sites is 2. The molecule has 0 bridgehead atoms. The molecule has 0 atom stereocenters. The summed E-state index contributed by atoms with van der Waals surface area (Å²) in [5, 5.41) is 3.35. The van der Waals surface area contributed by atoms with Crippen LogP contribution >= 0.6 is 0 Å². The number of hydrogen-bond acceptors (Lipinski definition) is 7. The number of carbonyl (C=O) groups is 1. The largest absolute Gasteiger partial charge is 0.495 e. The van der Waals surface area contributed by atoms with Gasteiger partial charge in [0, 0.05) is 42.9 Å². The third-order valence-corrected chi connectivity index (χ3v) is 8.33. The molecular formula is C32H39N5O3. The van der Waals surface area contributed by atoms with Crippen LogP contribution in [0.1, 0.15) is 57.4 Å². The first-order chi connectivity index (χ1) is 19.0. The van der Waals surface area contributed by atoms with Gasteiger partial charge in [0.2, 0.25) is 5.95 Å². The molecule has 1 aliphatic heterocycles. The van der Waals surface area contributed by atoms with Gasteiger partial charge in [0.15, 0.2) is 5.78 Å². The number of benzene rings is 2. The van der Waals surface area contributed by atoms with Crippen molar-refractivity contribution < 1.29 is 14.3 Å². The van der Waals surface area contributed by atoms with E-state index in [2.05, 4.69) is 49.9 Å². The van der Waals surface area contributed by atoms with Crippen molar-refractivity contribution in [3.05, 3.63) is 66.5 Å². The lowest BCUT2D eigenvalue weighted by atomic mass is 9.72. The van der Waals surface area contributed by atoms with E-state index in [4.69, 9.17) is 14.5 Å². The van der Waals surface area contributed by atoms with Crippen LogP contribution in [0, 0.1) is 5.92 Å². The van der Waals surface area contributed by atoms with Gasteiger partial charge in [-0.15, -0.1) is 0 Å². The van der Waals surface area contributed by atoms with E-state index in [1.54, 1.807) is 25.4 Å². The van der Waals surface area contributed by atoms with Gasteiger partial charge in [-0.3, -0.25) is 14.7 Å². The van der Waals surface area contributed by atoms with Crippen molar-refractivity contribution >= 4 is 28.5 Å². The van der Waals surface area contributed by atoms with Gasteiger partial charge in [-0.05, 0) is 83.8 Å². The fourth-order valence-electron chi connectivity index (χ4n) is 6.08. The number of likely N-dealkylation sites (tertiary alicyclic amines) is 1. The number of anilines is 2. The van der Waals surface area contributed by atoms with E-state index in [9.17, 15) is 4.79 Å². The summed E-state index contributed by atoms with van der Waals surface area (Å²) in [5.41, 5.74) is 3.10. The molecule has 5 rings (SSSR count). The summed E-state index contributed by atoms with van der Waals surface area (Å²) in [6.45, 7) is 9.03. The summed E-state index contributed by atoms with van der Waals surface area (Å²) in [5.74, 6) is 3.01. The van der Waals surface area contributed by atoms with E-state index in [-0.39, 0.29) is 16.9 Å². The molecule has 210 valence electrons. The molecular weight excluding hydrogens is 502 g/mol. The predicted octanol–water partition coefficient (Wildman–Crippen LogP) is 6.98. The minimum Gasteiger partial charge on any atom is -0.495 e. The van der Waals surface area contributed by atoms with Crippen molar-refractivity contribution in [3.8, 4) is 17.2 Å². The van der Waals surface area contributed by atoms with Crippen molar-refractivity contribution in [2.45, 2.75) is 58.0 Å². The number of fused-ring (bicyclic) bond motifs is 1. The highest BCUT2D eigenvalue weighted by molar-refractivity contribution is 5.94. The fraction of sp³-hybridized carbons (Fsp3) is 0.406. The summed E-state index contributed by atoms with van der Waals surface area (Å²) in [4.78, 5) is 24.9. The Labute approximate surface area is 236 Å². The van der Waals surface area contributed by atoms with Crippen LogP contribution in [0.5, 0.6) is 17.2 Å². The molecule has 0 unspecified atom stereocenters. The molecule has 0 radical (unpaired) electrons. The fourth-order valence-corrected chi connectivity index (χ4v) is 6.08. The second-order valence-electron chi connectivity index (χ2n) is 12.0. The van der Waals surface area contributed by atoms with Gasteiger partial charge < -0.3 is 19.4 Å². The van der Waals surface area contributed by atoms with E-state index in [0.717, 1.165) is 35.3 Å². The molecule has 1 N–H and O–H groups in total. The second-order valence-corrected chi connectivity index (χ2v) is 12.0. The van der Waals surface area contributed by atoms with Crippen molar-refractivity contribution in [1.82, 2.24) is 19.4 Å². The summed E-state index contributed by atoms with van der Waals surface area (Å²) >= 11 is 0. The SMILES string of the molecule is COc1ccccc1Nc1nc2cc(Oc3ccnc(C(=O)CC4CC(C)(C)N(C)C(C)(C)C4)c3)ccc2n1C. The van der Waals surface area contributed by atoms with E-state index < -0.39 is 0 Å². The van der Waals surface area contributed by atoms with Crippen LogP contribution in [-0.2, 0) is 7.05 Å². The quantitative estimate of drug-likeness (QED) is 0.241. The zero-order valence-corrected chi connectivity index (χ0v) is 24.5. The van der Waals surface area contributed by atoms with Crippen molar-refractivity contribution in [1.29, 1.82) is 0 Å². The van der Waals surface area contributed by atoms with Crippen LogP contribution in [0.4, 0.5) is 11.6 Å². The van der Waals surface area contributed by atoms with Gasteiger partial charge in [-0.25, -0.2) is 4.98 Å². The molecule has 1 fully saturated rings. The molecule has 2 aromatic carbocycles. The molecule has 8 nitrogen and oxygen atoms in total. The van der Waals surface area contributed by atoms with E-state index in [1.807, 2.05) is 54.1 Å². The Bertz CT molecular complexity index is 1520. The molecule has 4 aromatic rings. The maximum atomic E-state index is 13.3. The van der Waals surface area contributed by atoms with Crippen molar-refractivity contribution in [2.24, 2.45) is 13.0 Å². The lowest BCUT2D eigenvalue weighted by Gasteiger charge is -2.53. The molecule has 1 aliphatic rings. The Kier molecular flexibility index (Phi) is 7.31. The topological polar surface area (TPSA) is 81.5 Å². The van der Waals surface area contributed by atoms with Gasteiger partial charge in [-0.1, -0.05) is 12.1 Å². The number of imidazole rings is 1. The Morgan fingerprint density at radius 3 is 2.42 bits per heavy atom. The maximum Gasteiger partial charge on any atom is 0.208 e. The van der Waals surface area contributed by atoms with E-state index in [1.165, 1.54) is 0 Å². The lowest BCUT2D eigenvalue weighted by Crippen LogP contribution is -2.58. The summed E-state index contributed by atoms with van der Waals surface area (Å²) in [6.07, 6.45) is 4.08. The highest BCUT2D eigenvalue weighted by Crippen LogP contribution is 2.41. The van der Waals surface area contributed by atoms with Crippen molar-refractivity contribution in [3.63, 3.8) is 0 Å². The van der Waals surface area contributed by atoms with Crippen LogP contribution in [-0.4, -0.2) is 50.5 Å². The maximum absolute atomic E-state index is 13.3. The third-order valence-electron chi connectivity index (χ3n) is 8.33. The standard InChI is InChI=1S/C32H39N5O3/c1-31(2)19-21(20-32(3,4)37(31)6)16-28(38)26-18-23(14-15-33-26)40-22-12-13-27-25(17-22)35-30(36(27)5)34-24-10-8-9-11-29(24)39-7/h8-15,17-18,21H,16,19-20H2,1-7H3,(H,34,35). The minimum absolute atomic E-state index is 0.0394. The van der Waals surface area contributed by atoms with Gasteiger partial charge >= 0.3 is 0 Å². The first-order valence-electron chi connectivity index (χ1n) is 13.7. The van der Waals surface area contributed by atoms with E-state index in [0.29, 0.717) is 35.5 Å². The highest BCUT2D eigenvalue weighted by Gasteiger charge is 2.43. The number of methoxy groups -OCH3 is 1. The van der Waals surface area contributed by atoms with Crippen LogP contribution in [0.2, 0.25) is 0 Å². The number of hydrogen-bond donors (Lipinski definition) is 1.